The summed E-state index contributed by atoms with van der Waals surface area (Å²) in [5.41, 5.74) is 9.08. The second-order valence-electron chi connectivity index (χ2n) is 5.37. The first-order chi connectivity index (χ1) is 7.74. The second-order valence-corrected chi connectivity index (χ2v) is 6.11. The number of rotatable bonds is 2. The van der Waals surface area contributed by atoms with Gasteiger partial charge in [0.25, 0.3) is 0 Å². The Bertz CT molecular complexity index is 360. The van der Waals surface area contributed by atoms with Gasteiger partial charge in [-0.2, -0.15) is 11.3 Å². The van der Waals surface area contributed by atoms with Crippen LogP contribution < -0.4 is 5.73 Å². The number of fused-ring (bicyclic) bond motifs is 2. The Morgan fingerprint density at radius 2 is 2.00 bits per heavy atom. The fourth-order valence-corrected chi connectivity index (χ4v) is 4.17. The van der Waals surface area contributed by atoms with E-state index >= 15 is 0 Å². The highest BCUT2D eigenvalue weighted by atomic mass is 32.1. The van der Waals surface area contributed by atoms with Gasteiger partial charge in [0.15, 0.2) is 0 Å². The second kappa shape index (κ2) is 4.13. The van der Waals surface area contributed by atoms with E-state index in [1.807, 2.05) is 11.3 Å². The van der Waals surface area contributed by atoms with Gasteiger partial charge in [0.05, 0.1) is 0 Å². The fourth-order valence-electron chi connectivity index (χ4n) is 3.32. The molecule has 16 heavy (non-hydrogen) atoms. The number of nitrogens with two attached hydrogens (primary N) is 1. The average molecular weight is 236 g/mol. The van der Waals surface area contributed by atoms with Crippen molar-refractivity contribution in [2.24, 2.45) is 5.73 Å². The molecule has 0 saturated carbocycles. The molecular formula is C13H20N2S. The summed E-state index contributed by atoms with van der Waals surface area (Å²) in [6.45, 7) is 3.38. The lowest BCUT2D eigenvalue weighted by atomic mass is 9.97. The number of thiophene rings is 1. The Hall–Kier alpha value is -0.380. The van der Waals surface area contributed by atoms with Crippen molar-refractivity contribution in [3.8, 4) is 0 Å². The molecule has 2 fully saturated rings. The molecule has 0 aromatic carbocycles. The summed E-state index contributed by atoms with van der Waals surface area (Å²) in [5, 5.41) is 4.57. The van der Waals surface area contributed by atoms with Gasteiger partial charge < -0.3 is 5.73 Å². The standard InChI is InChI=1S/C13H20N2S/c1-9-7-16-8-10(9)6-15-12-2-3-13(15)5-11(14)4-12/h7-8,11-13H,2-6,14H2,1H3. The molecule has 0 aliphatic carbocycles. The van der Waals surface area contributed by atoms with Crippen LogP contribution in [0.15, 0.2) is 10.8 Å². The predicted molar refractivity (Wildman–Crippen MR) is 68.6 cm³/mol. The van der Waals surface area contributed by atoms with Crippen LogP contribution in [-0.4, -0.2) is 23.0 Å². The van der Waals surface area contributed by atoms with Gasteiger partial charge in [-0.25, -0.2) is 0 Å². The summed E-state index contributed by atoms with van der Waals surface area (Å²) in [7, 11) is 0. The third-order valence-electron chi connectivity index (χ3n) is 4.24. The Morgan fingerprint density at radius 1 is 1.31 bits per heavy atom. The molecule has 2 saturated heterocycles. The number of piperidine rings is 1. The van der Waals surface area contributed by atoms with E-state index in [0.717, 1.165) is 18.6 Å². The van der Waals surface area contributed by atoms with E-state index in [1.54, 1.807) is 0 Å². The molecule has 88 valence electrons. The van der Waals surface area contributed by atoms with Gasteiger partial charge in [0.1, 0.15) is 0 Å². The summed E-state index contributed by atoms with van der Waals surface area (Å²) in [4.78, 5) is 2.71. The van der Waals surface area contributed by atoms with Crippen LogP contribution >= 0.6 is 11.3 Å². The van der Waals surface area contributed by atoms with Crippen LogP contribution in [-0.2, 0) is 6.54 Å². The normalized spacial score (nSPS) is 34.5. The molecule has 0 spiro atoms. The molecule has 0 radical (unpaired) electrons. The summed E-state index contributed by atoms with van der Waals surface area (Å²) >= 11 is 1.83. The van der Waals surface area contributed by atoms with E-state index in [2.05, 4.69) is 22.6 Å². The lowest BCUT2D eigenvalue weighted by Gasteiger charge is -2.37. The maximum atomic E-state index is 6.10. The summed E-state index contributed by atoms with van der Waals surface area (Å²) < 4.78 is 0. The van der Waals surface area contributed by atoms with E-state index in [0.29, 0.717) is 6.04 Å². The molecule has 1 aromatic heterocycles. The van der Waals surface area contributed by atoms with Crippen molar-refractivity contribution >= 4 is 11.3 Å². The highest BCUT2D eigenvalue weighted by molar-refractivity contribution is 7.08. The minimum absolute atomic E-state index is 0.456. The van der Waals surface area contributed by atoms with Crippen molar-refractivity contribution in [3.05, 3.63) is 21.9 Å². The Kier molecular flexibility index (Phi) is 2.78. The van der Waals surface area contributed by atoms with Crippen molar-refractivity contribution in [3.63, 3.8) is 0 Å². The molecule has 2 N–H and O–H groups in total. The van der Waals surface area contributed by atoms with Gasteiger partial charge in [-0.05, 0) is 54.5 Å². The van der Waals surface area contributed by atoms with E-state index in [1.165, 1.54) is 36.8 Å². The molecule has 1 aromatic rings. The Balaban J connectivity index is 1.75. The fraction of sp³-hybridized carbons (Fsp3) is 0.692. The van der Waals surface area contributed by atoms with Gasteiger partial charge in [-0.3, -0.25) is 4.90 Å². The molecule has 2 nitrogen and oxygen atoms in total. The lowest BCUT2D eigenvalue weighted by molar-refractivity contribution is 0.120. The molecule has 3 heterocycles. The summed E-state index contributed by atoms with van der Waals surface area (Å²) in [6.07, 6.45) is 5.14. The predicted octanol–water partition coefficient (Wildman–Crippen LogP) is 2.51. The van der Waals surface area contributed by atoms with Gasteiger partial charge in [0.2, 0.25) is 0 Å². The van der Waals surface area contributed by atoms with E-state index in [9.17, 15) is 0 Å². The van der Waals surface area contributed by atoms with Crippen molar-refractivity contribution in [1.82, 2.24) is 4.90 Å². The molecule has 3 rings (SSSR count). The molecular weight excluding hydrogens is 216 g/mol. The Morgan fingerprint density at radius 3 is 2.56 bits per heavy atom. The number of hydrogen-bond acceptors (Lipinski definition) is 3. The molecule has 2 aliphatic heterocycles. The monoisotopic (exact) mass is 236 g/mol. The first-order valence-corrected chi connectivity index (χ1v) is 7.21. The molecule has 3 heteroatoms. The van der Waals surface area contributed by atoms with Crippen LogP contribution in [0.4, 0.5) is 0 Å². The Labute approximate surface area is 101 Å². The number of nitrogens with zero attached hydrogens (tertiary/aromatic N) is 1. The quantitative estimate of drug-likeness (QED) is 0.855. The van der Waals surface area contributed by atoms with Crippen molar-refractivity contribution in [2.45, 2.75) is 57.3 Å². The maximum Gasteiger partial charge on any atom is 0.0250 e. The zero-order valence-electron chi connectivity index (χ0n) is 9.86. The van der Waals surface area contributed by atoms with Crippen LogP contribution in [0, 0.1) is 6.92 Å². The number of aryl methyl sites for hydroxylation is 1. The summed E-state index contributed by atoms with van der Waals surface area (Å²) in [6, 6.07) is 1.97. The van der Waals surface area contributed by atoms with Crippen molar-refractivity contribution < 1.29 is 0 Å². The van der Waals surface area contributed by atoms with Crippen LogP contribution in [0.25, 0.3) is 0 Å². The van der Waals surface area contributed by atoms with Crippen molar-refractivity contribution in [1.29, 1.82) is 0 Å². The molecule has 2 atom stereocenters. The zero-order chi connectivity index (χ0) is 11.1. The molecule has 0 amide bonds. The SMILES string of the molecule is Cc1cscc1CN1C2CCC1CC(N)C2. The third kappa shape index (κ3) is 1.81. The highest BCUT2D eigenvalue weighted by Gasteiger charge is 2.39. The highest BCUT2D eigenvalue weighted by Crippen LogP contribution is 2.36. The molecule has 2 aliphatic rings. The van der Waals surface area contributed by atoms with Gasteiger partial charge >= 0.3 is 0 Å². The maximum absolute atomic E-state index is 6.10. The third-order valence-corrected chi connectivity index (χ3v) is 5.15. The van der Waals surface area contributed by atoms with Gasteiger partial charge in [0, 0.05) is 24.7 Å². The van der Waals surface area contributed by atoms with Gasteiger partial charge in [-0.15, -0.1) is 0 Å². The van der Waals surface area contributed by atoms with Crippen LogP contribution in [0.1, 0.15) is 36.8 Å². The molecule has 2 unspecified atom stereocenters. The van der Waals surface area contributed by atoms with E-state index in [4.69, 9.17) is 5.73 Å². The van der Waals surface area contributed by atoms with E-state index in [-0.39, 0.29) is 0 Å². The van der Waals surface area contributed by atoms with Crippen LogP contribution in [0.2, 0.25) is 0 Å². The summed E-state index contributed by atoms with van der Waals surface area (Å²) in [5.74, 6) is 0. The average Bonchev–Trinajstić information content (AvgIpc) is 2.73. The van der Waals surface area contributed by atoms with Crippen molar-refractivity contribution in [2.75, 3.05) is 0 Å². The smallest absolute Gasteiger partial charge is 0.0250 e. The lowest BCUT2D eigenvalue weighted by Crippen LogP contribution is -2.46. The van der Waals surface area contributed by atoms with Crippen LogP contribution in [0.5, 0.6) is 0 Å². The first-order valence-electron chi connectivity index (χ1n) is 6.27. The van der Waals surface area contributed by atoms with E-state index < -0.39 is 0 Å². The van der Waals surface area contributed by atoms with Crippen LogP contribution in [0.3, 0.4) is 0 Å². The largest absolute Gasteiger partial charge is 0.328 e. The topological polar surface area (TPSA) is 29.3 Å². The van der Waals surface area contributed by atoms with Gasteiger partial charge in [-0.1, -0.05) is 0 Å². The molecule has 2 bridgehead atoms. The minimum atomic E-state index is 0.456. The first kappa shape index (κ1) is 10.8. The minimum Gasteiger partial charge on any atom is -0.328 e. The zero-order valence-corrected chi connectivity index (χ0v) is 10.7. The number of hydrogen-bond donors (Lipinski definition) is 1.